The van der Waals surface area contributed by atoms with Gasteiger partial charge < -0.3 is 25.6 Å². The molecule has 1 aliphatic rings. The molecule has 0 radical (unpaired) electrons. The summed E-state index contributed by atoms with van der Waals surface area (Å²) in [5.41, 5.74) is 9.61. The maximum Gasteiger partial charge on any atom is 0.222 e. The standard InChI is InChI=1S/C26H40N8O3/c1-3-4-7-33(13-15-36)25-24-22(28-26(27)29-25)19-34(30-24)18-21-6-5-20(16-23(21)37-2)17-32-10-8-31(9-11-32)12-14-35/h5-6,16,19,35-36H,3-4,7-15,17-18H2,1-2H3,(H2,27,28). The van der Waals surface area contributed by atoms with Gasteiger partial charge in [-0.3, -0.25) is 14.5 Å². The number of nitrogens with zero attached hydrogens (tertiary/aromatic N) is 7. The number of hydrogen-bond acceptors (Lipinski definition) is 10. The van der Waals surface area contributed by atoms with E-state index in [1.807, 2.05) is 15.8 Å². The molecule has 202 valence electrons. The van der Waals surface area contributed by atoms with E-state index in [1.54, 1.807) is 7.11 Å². The van der Waals surface area contributed by atoms with Crippen molar-refractivity contribution in [3.8, 4) is 5.75 Å². The van der Waals surface area contributed by atoms with E-state index < -0.39 is 0 Å². The fourth-order valence-corrected chi connectivity index (χ4v) is 4.82. The van der Waals surface area contributed by atoms with Crippen molar-refractivity contribution < 1.29 is 14.9 Å². The van der Waals surface area contributed by atoms with Crippen LogP contribution in [0.1, 0.15) is 30.9 Å². The lowest BCUT2D eigenvalue weighted by atomic mass is 10.1. The lowest BCUT2D eigenvalue weighted by molar-refractivity contribution is 0.108. The van der Waals surface area contributed by atoms with Crippen LogP contribution in [0.5, 0.6) is 5.75 Å². The molecule has 3 heterocycles. The molecule has 0 amide bonds. The van der Waals surface area contributed by atoms with E-state index in [0.717, 1.165) is 70.0 Å². The van der Waals surface area contributed by atoms with Crippen molar-refractivity contribution in [3.05, 3.63) is 35.5 Å². The molecule has 1 aliphatic heterocycles. The largest absolute Gasteiger partial charge is 0.496 e. The van der Waals surface area contributed by atoms with E-state index in [0.29, 0.717) is 29.9 Å². The molecule has 11 nitrogen and oxygen atoms in total. The number of β-amino-alcohol motifs (C(OH)–C–C–N with tert-alkyl or cyclic N) is 1. The lowest BCUT2D eigenvalue weighted by Crippen LogP contribution is -2.46. The van der Waals surface area contributed by atoms with Gasteiger partial charge in [-0.2, -0.15) is 10.1 Å². The van der Waals surface area contributed by atoms with Gasteiger partial charge in [-0.05, 0) is 18.1 Å². The van der Waals surface area contributed by atoms with Crippen molar-refractivity contribution in [1.82, 2.24) is 29.5 Å². The predicted molar refractivity (Wildman–Crippen MR) is 145 cm³/mol. The number of unbranched alkanes of at least 4 members (excludes halogenated alkanes) is 1. The van der Waals surface area contributed by atoms with Crippen LogP contribution in [0.3, 0.4) is 0 Å². The zero-order valence-corrected chi connectivity index (χ0v) is 22.0. The molecular formula is C26H40N8O3. The fraction of sp³-hybridized carbons (Fsp3) is 0.577. The Morgan fingerprint density at radius 1 is 1.03 bits per heavy atom. The number of nitrogens with two attached hydrogens (primary N) is 1. The highest BCUT2D eigenvalue weighted by molar-refractivity contribution is 5.86. The molecule has 0 aliphatic carbocycles. The summed E-state index contributed by atoms with van der Waals surface area (Å²) >= 11 is 0. The third-order valence-electron chi connectivity index (χ3n) is 6.83. The first-order valence-corrected chi connectivity index (χ1v) is 13.1. The smallest absolute Gasteiger partial charge is 0.222 e. The fourth-order valence-electron chi connectivity index (χ4n) is 4.82. The van der Waals surface area contributed by atoms with Gasteiger partial charge in [0.15, 0.2) is 11.3 Å². The minimum atomic E-state index is 0.0255. The van der Waals surface area contributed by atoms with Gasteiger partial charge in [0.1, 0.15) is 11.3 Å². The Balaban J connectivity index is 1.51. The first-order chi connectivity index (χ1) is 18.0. The van der Waals surface area contributed by atoms with E-state index in [4.69, 9.17) is 20.7 Å². The van der Waals surface area contributed by atoms with Crippen LogP contribution >= 0.6 is 0 Å². The molecule has 4 rings (SSSR count). The Morgan fingerprint density at radius 2 is 1.81 bits per heavy atom. The summed E-state index contributed by atoms with van der Waals surface area (Å²) in [5.74, 6) is 1.68. The van der Waals surface area contributed by atoms with Gasteiger partial charge in [-0.25, -0.2) is 4.98 Å². The number of aliphatic hydroxyl groups excluding tert-OH is 2. The van der Waals surface area contributed by atoms with E-state index in [9.17, 15) is 5.11 Å². The molecule has 0 spiro atoms. The summed E-state index contributed by atoms with van der Waals surface area (Å²) < 4.78 is 7.59. The van der Waals surface area contributed by atoms with Gasteiger partial charge in [0, 0.05) is 57.9 Å². The molecule has 1 saturated heterocycles. The van der Waals surface area contributed by atoms with Crippen LogP contribution in [0.15, 0.2) is 24.4 Å². The number of piperazine rings is 1. The van der Waals surface area contributed by atoms with Crippen molar-refractivity contribution in [3.63, 3.8) is 0 Å². The molecule has 37 heavy (non-hydrogen) atoms. The first-order valence-electron chi connectivity index (χ1n) is 13.1. The van der Waals surface area contributed by atoms with E-state index in [2.05, 4.69) is 44.9 Å². The Hall–Kier alpha value is -2.99. The second-order valence-corrected chi connectivity index (χ2v) is 9.52. The number of aromatic nitrogens is 4. The van der Waals surface area contributed by atoms with Gasteiger partial charge in [-0.1, -0.05) is 25.5 Å². The highest BCUT2D eigenvalue weighted by Crippen LogP contribution is 2.26. The minimum absolute atomic E-state index is 0.0255. The number of aliphatic hydroxyl groups is 2. The third-order valence-corrected chi connectivity index (χ3v) is 6.83. The summed E-state index contributed by atoms with van der Waals surface area (Å²) in [5, 5.41) is 23.5. The topological polar surface area (TPSA) is 129 Å². The molecule has 3 aromatic rings. The molecular weight excluding hydrogens is 472 g/mol. The number of fused-ring (bicyclic) bond motifs is 1. The van der Waals surface area contributed by atoms with Gasteiger partial charge in [0.25, 0.3) is 0 Å². The highest BCUT2D eigenvalue weighted by atomic mass is 16.5. The second-order valence-electron chi connectivity index (χ2n) is 9.52. The highest BCUT2D eigenvalue weighted by Gasteiger charge is 2.19. The summed E-state index contributed by atoms with van der Waals surface area (Å²) in [6.45, 7) is 9.67. The number of rotatable bonds is 13. The third kappa shape index (κ3) is 6.86. The molecule has 0 unspecified atom stereocenters. The predicted octanol–water partition coefficient (Wildman–Crippen LogP) is 1.17. The average molecular weight is 513 g/mol. The Kier molecular flexibility index (Phi) is 9.51. The zero-order valence-electron chi connectivity index (χ0n) is 22.0. The second kappa shape index (κ2) is 13.0. The monoisotopic (exact) mass is 512 g/mol. The SMILES string of the molecule is CCCCN(CCO)c1nc(N)nc2cn(Cc3ccc(CN4CCN(CCO)CC4)cc3OC)nc12. The van der Waals surface area contributed by atoms with Crippen molar-refractivity contribution in [2.75, 3.05) is 76.8 Å². The summed E-state index contributed by atoms with van der Waals surface area (Å²) in [6, 6.07) is 6.36. The maximum absolute atomic E-state index is 9.59. The van der Waals surface area contributed by atoms with Crippen molar-refractivity contribution in [2.24, 2.45) is 0 Å². The summed E-state index contributed by atoms with van der Waals surface area (Å²) in [6.07, 6.45) is 3.90. The first kappa shape index (κ1) is 27.1. The van der Waals surface area contributed by atoms with E-state index in [-0.39, 0.29) is 19.2 Å². The van der Waals surface area contributed by atoms with Gasteiger partial charge in [0.05, 0.1) is 33.1 Å². The summed E-state index contributed by atoms with van der Waals surface area (Å²) in [7, 11) is 1.70. The quantitative estimate of drug-likeness (QED) is 0.307. The van der Waals surface area contributed by atoms with Crippen LogP contribution in [0.25, 0.3) is 11.0 Å². The zero-order chi connectivity index (χ0) is 26.2. The van der Waals surface area contributed by atoms with Crippen LogP contribution in [-0.2, 0) is 13.1 Å². The molecule has 11 heteroatoms. The van der Waals surface area contributed by atoms with Crippen LogP contribution in [0.4, 0.5) is 11.8 Å². The molecule has 0 saturated carbocycles. The van der Waals surface area contributed by atoms with E-state index in [1.165, 1.54) is 5.56 Å². The van der Waals surface area contributed by atoms with Crippen LogP contribution < -0.4 is 15.4 Å². The van der Waals surface area contributed by atoms with E-state index >= 15 is 0 Å². The Labute approximate surface area is 218 Å². The number of nitrogen functional groups attached to an aromatic ring is 1. The number of benzene rings is 1. The molecule has 0 bridgehead atoms. The van der Waals surface area contributed by atoms with Gasteiger partial charge in [0.2, 0.25) is 5.95 Å². The molecule has 1 aromatic carbocycles. The van der Waals surface area contributed by atoms with Gasteiger partial charge in [-0.15, -0.1) is 0 Å². The number of ether oxygens (including phenoxy) is 1. The molecule has 2 aromatic heterocycles. The van der Waals surface area contributed by atoms with Crippen molar-refractivity contribution in [2.45, 2.75) is 32.9 Å². The Morgan fingerprint density at radius 3 is 2.51 bits per heavy atom. The van der Waals surface area contributed by atoms with Crippen LogP contribution in [0.2, 0.25) is 0 Å². The van der Waals surface area contributed by atoms with Crippen LogP contribution in [-0.4, -0.2) is 106 Å². The average Bonchev–Trinajstić information content (AvgIpc) is 3.30. The normalized spacial score (nSPS) is 14.9. The Bertz CT molecular complexity index is 1150. The minimum Gasteiger partial charge on any atom is -0.496 e. The molecule has 1 fully saturated rings. The maximum atomic E-state index is 9.59. The van der Waals surface area contributed by atoms with Crippen LogP contribution in [0, 0.1) is 0 Å². The molecule has 4 N–H and O–H groups in total. The number of hydrogen-bond donors (Lipinski definition) is 3. The lowest BCUT2D eigenvalue weighted by Gasteiger charge is -2.34. The van der Waals surface area contributed by atoms with Crippen molar-refractivity contribution in [1.29, 1.82) is 0 Å². The summed E-state index contributed by atoms with van der Waals surface area (Å²) in [4.78, 5) is 15.6. The molecule has 0 atom stereocenters. The van der Waals surface area contributed by atoms with Gasteiger partial charge >= 0.3 is 0 Å². The number of methoxy groups -OCH3 is 1. The van der Waals surface area contributed by atoms with Crippen molar-refractivity contribution >= 4 is 22.8 Å². The number of anilines is 2.